The lowest BCUT2D eigenvalue weighted by atomic mass is 10.1. The van der Waals surface area contributed by atoms with Crippen LogP contribution in [0, 0.1) is 24.1 Å². The summed E-state index contributed by atoms with van der Waals surface area (Å²) in [5.41, 5.74) is 2.68. The van der Waals surface area contributed by atoms with Crippen molar-refractivity contribution in [2.45, 2.75) is 13.5 Å². The van der Waals surface area contributed by atoms with Gasteiger partial charge in [0.1, 0.15) is 5.82 Å². The van der Waals surface area contributed by atoms with Gasteiger partial charge in [0, 0.05) is 22.8 Å². The zero-order chi connectivity index (χ0) is 13.8. The highest BCUT2D eigenvalue weighted by Crippen LogP contribution is 2.23. The van der Waals surface area contributed by atoms with Crippen molar-refractivity contribution < 1.29 is 4.39 Å². The number of nitrogens with one attached hydrogen (secondary N) is 1. The Kier molecular flexibility index (Phi) is 4.03. The van der Waals surface area contributed by atoms with Crippen LogP contribution < -0.4 is 5.32 Å². The van der Waals surface area contributed by atoms with Crippen LogP contribution in [0.25, 0.3) is 0 Å². The van der Waals surface area contributed by atoms with Crippen molar-refractivity contribution in [2.24, 2.45) is 0 Å². The molecule has 2 nitrogen and oxygen atoms in total. The second-order valence-corrected chi connectivity index (χ2v) is 4.59. The van der Waals surface area contributed by atoms with E-state index in [2.05, 4.69) is 5.32 Å². The predicted octanol–water partition coefficient (Wildman–Crippen LogP) is 4.27. The van der Waals surface area contributed by atoms with E-state index in [-0.39, 0.29) is 5.82 Å². The Morgan fingerprint density at radius 2 is 2.11 bits per heavy atom. The van der Waals surface area contributed by atoms with E-state index in [0.29, 0.717) is 22.7 Å². The van der Waals surface area contributed by atoms with E-state index < -0.39 is 0 Å². The SMILES string of the molecule is Cc1c(Cl)cccc1NCc1cc(C#N)ccc1F. The number of rotatable bonds is 3. The highest BCUT2D eigenvalue weighted by atomic mass is 35.5. The van der Waals surface area contributed by atoms with Gasteiger partial charge in [-0.1, -0.05) is 17.7 Å². The number of nitrogens with zero attached hydrogens (tertiary/aromatic N) is 1. The Labute approximate surface area is 116 Å². The van der Waals surface area contributed by atoms with Crippen molar-refractivity contribution >= 4 is 17.3 Å². The summed E-state index contributed by atoms with van der Waals surface area (Å²) in [4.78, 5) is 0. The lowest BCUT2D eigenvalue weighted by molar-refractivity contribution is 0.612. The van der Waals surface area contributed by atoms with Crippen molar-refractivity contribution in [1.82, 2.24) is 0 Å². The Morgan fingerprint density at radius 1 is 1.32 bits per heavy atom. The monoisotopic (exact) mass is 274 g/mol. The van der Waals surface area contributed by atoms with Gasteiger partial charge in [-0.3, -0.25) is 0 Å². The molecule has 2 rings (SSSR count). The first-order valence-corrected chi connectivity index (χ1v) is 6.17. The molecule has 96 valence electrons. The molecule has 0 spiro atoms. The fourth-order valence-electron chi connectivity index (χ4n) is 1.77. The van der Waals surface area contributed by atoms with Crippen LogP contribution in [-0.2, 0) is 6.54 Å². The van der Waals surface area contributed by atoms with Gasteiger partial charge in [-0.2, -0.15) is 5.26 Å². The molecule has 19 heavy (non-hydrogen) atoms. The molecule has 0 unspecified atom stereocenters. The molecule has 0 fully saturated rings. The molecule has 1 N–H and O–H groups in total. The lowest BCUT2D eigenvalue weighted by Gasteiger charge is -2.11. The number of nitriles is 1. The molecule has 4 heteroatoms. The first kappa shape index (κ1) is 13.4. The van der Waals surface area contributed by atoms with Crippen LogP contribution in [0.5, 0.6) is 0 Å². The predicted molar refractivity (Wildman–Crippen MR) is 74.6 cm³/mol. The molecule has 0 atom stereocenters. The van der Waals surface area contributed by atoms with E-state index in [1.54, 1.807) is 12.1 Å². The normalized spacial score (nSPS) is 10.0. The summed E-state index contributed by atoms with van der Waals surface area (Å²) >= 11 is 6.02. The van der Waals surface area contributed by atoms with Crippen LogP contribution in [0.15, 0.2) is 36.4 Å². The first-order valence-electron chi connectivity index (χ1n) is 5.79. The van der Waals surface area contributed by atoms with Gasteiger partial charge in [-0.25, -0.2) is 4.39 Å². The van der Waals surface area contributed by atoms with Crippen LogP contribution in [0.2, 0.25) is 5.02 Å². The summed E-state index contributed by atoms with van der Waals surface area (Å²) in [5, 5.41) is 12.6. The van der Waals surface area contributed by atoms with Crippen LogP contribution in [0.4, 0.5) is 10.1 Å². The van der Waals surface area contributed by atoms with Crippen molar-refractivity contribution in [3.63, 3.8) is 0 Å². The number of benzene rings is 2. The lowest BCUT2D eigenvalue weighted by Crippen LogP contribution is -2.03. The molecule has 0 aliphatic carbocycles. The van der Waals surface area contributed by atoms with Crippen LogP contribution in [-0.4, -0.2) is 0 Å². The summed E-state index contributed by atoms with van der Waals surface area (Å²) in [6.07, 6.45) is 0. The maximum atomic E-state index is 13.6. The average molecular weight is 275 g/mol. The minimum Gasteiger partial charge on any atom is -0.381 e. The molecular weight excluding hydrogens is 263 g/mol. The Bertz CT molecular complexity index is 647. The van der Waals surface area contributed by atoms with Gasteiger partial charge in [0.05, 0.1) is 11.6 Å². The Balaban J connectivity index is 2.19. The second-order valence-electron chi connectivity index (χ2n) is 4.18. The van der Waals surface area contributed by atoms with Gasteiger partial charge < -0.3 is 5.32 Å². The van der Waals surface area contributed by atoms with Crippen molar-refractivity contribution in [3.8, 4) is 6.07 Å². The Morgan fingerprint density at radius 3 is 2.84 bits per heavy atom. The van der Waals surface area contributed by atoms with E-state index in [1.807, 2.05) is 25.1 Å². The summed E-state index contributed by atoms with van der Waals surface area (Å²) in [6, 6.07) is 11.8. The molecular formula is C15H12ClFN2. The van der Waals surface area contributed by atoms with E-state index in [9.17, 15) is 4.39 Å². The molecule has 0 radical (unpaired) electrons. The van der Waals surface area contributed by atoms with Crippen LogP contribution >= 0.6 is 11.6 Å². The minimum absolute atomic E-state index is 0.308. The zero-order valence-electron chi connectivity index (χ0n) is 10.4. The molecule has 0 saturated carbocycles. The van der Waals surface area contributed by atoms with Crippen molar-refractivity contribution in [2.75, 3.05) is 5.32 Å². The quantitative estimate of drug-likeness (QED) is 0.907. The van der Waals surface area contributed by atoms with Crippen LogP contribution in [0.1, 0.15) is 16.7 Å². The summed E-state index contributed by atoms with van der Waals surface area (Å²) < 4.78 is 13.6. The first-order chi connectivity index (χ1) is 9.11. The molecule has 0 bridgehead atoms. The fourth-order valence-corrected chi connectivity index (χ4v) is 1.94. The van der Waals surface area contributed by atoms with Crippen LogP contribution in [0.3, 0.4) is 0 Å². The third-order valence-corrected chi connectivity index (χ3v) is 3.32. The summed E-state index contributed by atoms with van der Waals surface area (Å²) in [5.74, 6) is -0.328. The largest absolute Gasteiger partial charge is 0.381 e. The molecule has 2 aromatic rings. The van der Waals surface area contributed by atoms with E-state index in [1.165, 1.54) is 12.1 Å². The molecule has 0 aromatic heterocycles. The third kappa shape index (κ3) is 3.04. The van der Waals surface area contributed by atoms with Gasteiger partial charge in [0.2, 0.25) is 0 Å². The number of halogens is 2. The second kappa shape index (κ2) is 5.73. The summed E-state index contributed by atoms with van der Waals surface area (Å²) in [7, 11) is 0. The topological polar surface area (TPSA) is 35.8 Å². The molecule has 2 aromatic carbocycles. The van der Waals surface area contributed by atoms with Gasteiger partial charge >= 0.3 is 0 Å². The maximum Gasteiger partial charge on any atom is 0.128 e. The van der Waals surface area contributed by atoms with Gasteiger partial charge in [0.15, 0.2) is 0 Å². The highest BCUT2D eigenvalue weighted by molar-refractivity contribution is 6.31. The number of hydrogen-bond donors (Lipinski definition) is 1. The maximum absolute atomic E-state index is 13.6. The molecule has 0 aliphatic rings. The van der Waals surface area contributed by atoms with Crippen molar-refractivity contribution in [1.29, 1.82) is 5.26 Å². The average Bonchev–Trinajstić information content (AvgIpc) is 2.42. The number of anilines is 1. The van der Waals surface area contributed by atoms with E-state index in [4.69, 9.17) is 16.9 Å². The minimum atomic E-state index is -0.328. The molecule has 0 heterocycles. The highest BCUT2D eigenvalue weighted by Gasteiger charge is 2.06. The van der Waals surface area contributed by atoms with E-state index >= 15 is 0 Å². The van der Waals surface area contributed by atoms with Gasteiger partial charge in [0.25, 0.3) is 0 Å². The smallest absolute Gasteiger partial charge is 0.128 e. The standard InChI is InChI=1S/C15H12ClFN2/c1-10-13(16)3-2-4-15(10)19-9-12-7-11(8-18)5-6-14(12)17/h2-7,19H,9H2,1H3. The zero-order valence-corrected chi connectivity index (χ0v) is 11.1. The summed E-state index contributed by atoms with van der Waals surface area (Å²) in [6.45, 7) is 2.20. The third-order valence-electron chi connectivity index (χ3n) is 2.91. The molecule has 0 saturated heterocycles. The molecule has 0 amide bonds. The fraction of sp³-hybridized carbons (Fsp3) is 0.133. The van der Waals surface area contributed by atoms with E-state index in [0.717, 1.165) is 11.3 Å². The van der Waals surface area contributed by atoms with Gasteiger partial charge in [-0.15, -0.1) is 0 Å². The molecule has 0 aliphatic heterocycles. The Hall–Kier alpha value is -2.05. The van der Waals surface area contributed by atoms with Crippen molar-refractivity contribution in [3.05, 3.63) is 63.9 Å². The number of hydrogen-bond acceptors (Lipinski definition) is 2. The van der Waals surface area contributed by atoms with Gasteiger partial charge in [-0.05, 0) is 42.8 Å².